The van der Waals surface area contributed by atoms with Crippen LogP contribution >= 0.6 is 0 Å². The number of rotatable bonds is 9. The molecule has 0 aliphatic rings. The van der Waals surface area contributed by atoms with Crippen LogP contribution in [0.2, 0.25) is 0 Å². The molecule has 2 aromatic rings. The first-order valence-electron chi connectivity index (χ1n) is 8.46. The number of ketones is 1. The molecular formula is C20H23NO5. The normalized spacial score (nSPS) is 10.1. The Morgan fingerprint density at radius 1 is 0.923 bits per heavy atom. The van der Waals surface area contributed by atoms with Gasteiger partial charge in [0.05, 0.1) is 13.2 Å². The fraction of sp³-hybridized carbons (Fsp3) is 0.300. The molecule has 1 N–H and O–H groups in total. The molecule has 2 aromatic carbocycles. The van der Waals surface area contributed by atoms with Crippen molar-refractivity contribution in [2.24, 2.45) is 0 Å². The largest absolute Gasteiger partial charge is 0.490 e. The summed E-state index contributed by atoms with van der Waals surface area (Å²) in [6, 6.07) is 11.9. The van der Waals surface area contributed by atoms with E-state index in [1.165, 1.54) is 6.92 Å². The zero-order valence-corrected chi connectivity index (χ0v) is 15.2. The van der Waals surface area contributed by atoms with Crippen LogP contribution in [0, 0.1) is 0 Å². The Balaban J connectivity index is 1.98. The Kier molecular flexibility index (Phi) is 7.02. The Morgan fingerprint density at radius 2 is 1.65 bits per heavy atom. The SMILES string of the molecule is CCOc1ccc(NC(=O)COc2cccc(C(C)=O)c2)cc1OCC. The maximum atomic E-state index is 12.1. The molecule has 26 heavy (non-hydrogen) atoms. The van der Waals surface area contributed by atoms with Crippen molar-refractivity contribution in [3.05, 3.63) is 48.0 Å². The highest BCUT2D eigenvalue weighted by molar-refractivity contribution is 5.94. The summed E-state index contributed by atoms with van der Waals surface area (Å²) in [4.78, 5) is 23.5. The van der Waals surface area contributed by atoms with Crippen molar-refractivity contribution in [3.63, 3.8) is 0 Å². The number of ether oxygens (including phenoxy) is 3. The van der Waals surface area contributed by atoms with Crippen LogP contribution in [0.3, 0.4) is 0 Å². The number of benzene rings is 2. The van der Waals surface area contributed by atoms with Crippen molar-refractivity contribution in [1.29, 1.82) is 0 Å². The smallest absolute Gasteiger partial charge is 0.262 e. The van der Waals surface area contributed by atoms with Crippen molar-refractivity contribution >= 4 is 17.4 Å². The predicted octanol–water partition coefficient (Wildman–Crippen LogP) is 3.70. The van der Waals surface area contributed by atoms with Gasteiger partial charge in [0.2, 0.25) is 0 Å². The molecule has 0 spiro atoms. The minimum Gasteiger partial charge on any atom is -0.490 e. The second kappa shape index (κ2) is 9.46. The summed E-state index contributed by atoms with van der Waals surface area (Å²) in [5, 5.41) is 2.75. The molecule has 0 aliphatic heterocycles. The molecule has 0 radical (unpaired) electrons. The molecule has 0 aliphatic carbocycles. The molecule has 0 unspecified atom stereocenters. The highest BCUT2D eigenvalue weighted by Crippen LogP contribution is 2.30. The maximum absolute atomic E-state index is 12.1. The Morgan fingerprint density at radius 3 is 2.35 bits per heavy atom. The molecule has 6 heteroatoms. The maximum Gasteiger partial charge on any atom is 0.262 e. The van der Waals surface area contributed by atoms with E-state index >= 15 is 0 Å². The highest BCUT2D eigenvalue weighted by atomic mass is 16.5. The van der Waals surface area contributed by atoms with Crippen LogP contribution in [0.15, 0.2) is 42.5 Å². The topological polar surface area (TPSA) is 73.9 Å². The van der Waals surface area contributed by atoms with E-state index in [0.29, 0.717) is 41.7 Å². The van der Waals surface area contributed by atoms with Gasteiger partial charge in [0.25, 0.3) is 5.91 Å². The summed E-state index contributed by atoms with van der Waals surface area (Å²) in [5.74, 6) is 1.30. The van der Waals surface area contributed by atoms with Crippen LogP contribution < -0.4 is 19.5 Å². The van der Waals surface area contributed by atoms with Crippen molar-refractivity contribution < 1.29 is 23.8 Å². The van der Waals surface area contributed by atoms with Crippen LogP contribution in [0.4, 0.5) is 5.69 Å². The predicted molar refractivity (Wildman–Crippen MR) is 99.4 cm³/mol. The number of carbonyl (C=O) groups excluding carboxylic acids is 2. The van der Waals surface area contributed by atoms with E-state index in [-0.39, 0.29) is 18.3 Å². The third-order valence-electron chi connectivity index (χ3n) is 3.44. The third kappa shape index (κ3) is 5.51. The number of amides is 1. The number of anilines is 1. The van der Waals surface area contributed by atoms with Gasteiger partial charge in [0.1, 0.15) is 5.75 Å². The van der Waals surface area contributed by atoms with E-state index in [4.69, 9.17) is 14.2 Å². The lowest BCUT2D eigenvalue weighted by atomic mass is 10.1. The minimum absolute atomic E-state index is 0.0576. The van der Waals surface area contributed by atoms with E-state index in [0.717, 1.165) is 0 Å². The molecule has 0 bridgehead atoms. The van der Waals surface area contributed by atoms with Crippen LogP contribution in [0.5, 0.6) is 17.2 Å². The molecule has 6 nitrogen and oxygen atoms in total. The molecule has 138 valence electrons. The molecule has 0 atom stereocenters. The average molecular weight is 357 g/mol. The second-order valence-corrected chi connectivity index (χ2v) is 5.45. The fourth-order valence-electron chi connectivity index (χ4n) is 2.28. The van der Waals surface area contributed by atoms with Gasteiger partial charge in [-0.05, 0) is 45.0 Å². The summed E-state index contributed by atoms with van der Waals surface area (Å²) < 4.78 is 16.5. The summed E-state index contributed by atoms with van der Waals surface area (Å²) in [6.07, 6.45) is 0. The number of nitrogens with one attached hydrogen (secondary N) is 1. The van der Waals surface area contributed by atoms with Gasteiger partial charge < -0.3 is 19.5 Å². The van der Waals surface area contributed by atoms with Gasteiger partial charge >= 0.3 is 0 Å². The molecule has 0 aromatic heterocycles. The van der Waals surface area contributed by atoms with Gasteiger partial charge in [-0.1, -0.05) is 12.1 Å². The summed E-state index contributed by atoms with van der Waals surface area (Å²) >= 11 is 0. The average Bonchev–Trinajstić information content (AvgIpc) is 2.63. The minimum atomic E-state index is -0.315. The zero-order valence-electron chi connectivity index (χ0n) is 15.2. The van der Waals surface area contributed by atoms with E-state index in [1.54, 1.807) is 42.5 Å². The van der Waals surface area contributed by atoms with Gasteiger partial charge in [-0.15, -0.1) is 0 Å². The molecule has 2 rings (SSSR count). The van der Waals surface area contributed by atoms with Crippen molar-refractivity contribution in [1.82, 2.24) is 0 Å². The van der Waals surface area contributed by atoms with Gasteiger partial charge in [0.15, 0.2) is 23.9 Å². The van der Waals surface area contributed by atoms with Crippen LogP contribution in [0.25, 0.3) is 0 Å². The van der Waals surface area contributed by atoms with Crippen LogP contribution in [-0.4, -0.2) is 31.5 Å². The first-order chi connectivity index (χ1) is 12.5. The molecule has 1 amide bonds. The number of carbonyl (C=O) groups is 2. The molecule has 0 saturated carbocycles. The van der Waals surface area contributed by atoms with E-state index in [1.807, 2.05) is 13.8 Å². The summed E-state index contributed by atoms with van der Waals surface area (Å²) in [5.41, 5.74) is 1.12. The van der Waals surface area contributed by atoms with Crippen molar-refractivity contribution in [2.45, 2.75) is 20.8 Å². The molecule has 0 heterocycles. The first kappa shape index (κ1) is 19.3. The van der Waals surface area contributed by atoms with Crippen LogP contribution in [0.1, 0.15) is 31.1 Å². The number of hydrogen-bond donors (Lipinski definition) is 1. The van der Waals surface area contributed by atoms with Crippen LogP contribution in [-0.2, 0) is 4.79 Å². The fourth-order valence-corrected chi connectivity index (χ4v) is 2.28. The summed E-state index contributed by atoms with van der Waals surface area (Å²) in [6.45, 7) is 6.10. The summed E-state index contributed by atoms with van der Waals surface area (Å²) in [7, 11) is 0. The van der Waals surface area contributed by atoms with Gasteiger partial charge in [-0.3, -0.25) is 9.59 Å². The van der Waals surface area contributed by atoms with Gasteiger partial charge in [0, 0.05) is 17.3 Å². The van der Waals surface area contributed by atoms with Gasteiger partial charge in [-0.25, -0.2) is 0 Å². The first-order valence-corrected chi connectivity index (χ1v) is 8.46. The van der Waals surface area contributed by atoms with E-state index in [2.05, 4.69) is 5.32 Å². The van der Waals surface area contributed by atoms with Crippen molar-refractivity contribution in [3.8, 4) is 17.2 Å². The second-order valence-electron chi connectivity index (χ2n) is 5.45. The number of Topliss-reactive ketones (excluding diaryl/α,β-unsaturated/α-hetero) is 1. The Labute approximate surface area is 153 Å². The van der Waals surface area contributed by atoms with Crippen molar-refractivity contribution in [2.75, 3.05) is 25.1 Å². The molecule has 0 saturated heterocycles. The van der Waals surface area contributed by atoms with E-state index in [9.17, 15) is 9.59 Å². The quantitative estimate of drug-likeness (QED) is 0.693. The third-order valence-corrected chi connectivity index (χ3v) is 3.44. The van der Waals surface area contributed by atoms with Gasteiger partial charge in [-0.2, -0.15) is 0 Å². The number of hydrogen-bond acceptors (Lipinski definition) is 5. The van der Waals surface area contributed by atoms with E-state index < -0.39 is 0 Å². The monoisotopic (exact) mass is 357 g/mol. The highest BCUT2D eigenvalue weighted by Gasteiger charge is 2.09. The standard InChI is InChI=1S/C20H23NO5/c1-4-24-18-10-9-16(12-19(18)25-5-2)21-20(23)13-26-17-8-6-7-15(11-17)14(3)22/h6-12H,4-5,13H2,1-3H3,(H,21,23). The Bertz CT molecular complexity index is 773. The molecule has 0 fully saturated rings. The lowest BCUT2D eigenvalue weighted by molar-refractivity contribution is -0.118. The lowest BCUT2D eigenvalue weighted by Gasteiger charge is -2.13. The molecular weight excluding hydrogens is 334 g/mol. The Hall–Kier alpha value is -3.02. The lowest BCUT2D eigenvalue weighted by Crippen LogP contribution is -2.20. The zero-order chi connectivity index (χ0) is 18.9.